The fraction of sp³-hybridized carbons (Fsp3) is 0.619. The quantitative estimate of drug-likeness (QED) is 0.459. The fourth-order valence-corrected chi connectivity index (χ4v) is 6.47. The third-order valence-electron chi connectivity index (χ3n) is 7.57. The van der Waals surface area contributed by atoms with Crippen LogP contribution in [0.1, 0.15) is 58.4 Å². The summed E-state index contributed by atoms with van der Waals surface area (Å²) in [7, 11) is -9.55. The van der Waals surface area contributed by atoms with Crippen LogP contribution in [0.25, 0.3) is 0 Å². The molecule has 0 heterocycles. The van der Waals surface area contributed by atoms with Crippen LogP contribution < -0.4 is 8.37 Å². The zero-order valence-electron chi connectivity index (χ0n) is 18.0. The van der Waals surface area contributed by atoms with Crippen LogP contribution in [0.2, 0.25) is 0 Å². The molecule has 2 saturated carbocycles. The molecule has 10 heteroatoms. The Bertz CT molecular complexity index is 1080. The molecule has 1 aromatic rings. The molecular weight excluding hydrogens is 444 g/mol. The Morgan fingerprint density at radius 1 is 1.10 bits per heavy atom. The first-order valence-corrected chi connectivity index (χ1v) is 13.0. The summed E-state index contributed by atoms with van der Waals surface area (Å²) in [6.45, 7) is 10.9. The van der Waals surface area contributed by atoms with Gasteiger partial charge < -0.3 is 8.37 Å². The second-order valence-electron chi connectivity index (χ2n) is 9.38. The van der Waals surface area contributed by atoms with E-state index in [1.165, 1.54) is 17.7 Å². The van der Waals surface area contributed by atoms with E-state index >= 15 is 0 Å². The van der Waals surface area contributed by atoms with Crippen LogP contribution in [0.15, 0.2) is 30.4 Å². The summed E-state index contributed by atoms with van der Waals surface area (Å²) >= 11 is 0. The topological polar surface area (TPSA) is 127 Å². The van der Waals surface area contributed by atoms with Crippen LogP contribution in [0.4, 0.5) is 0 Å². The lowest BCUT2D eigenvalue weighted by Crippen LogP contribution is -2.51. The molecule has 0 saturated heterocycles. The minimum Gasteiger partial charge on any atom is -0.362 e. The number of rotatable bonds is 6. The Hall–Kier alpha value is -1.62. The van der Waals surface area contributed by atoms with Gasteiger partial charge in [0, 0.05) is 5.56 Å². The SMILES string of the molecule is C=C1CCC[C@H]2[C@](C)(Cc3cc(OS(=O)(=O)O)ccc3OS(=O)(=O)O)[C@H](C)CC[C@@]12C. The van der Waals surface area contributed by atoms with Gasteiger partial charge >= 0.3 is 20.8 Å². The van der Waals surface area contributed by atoms with Gasteiger partial charge in [-0.2, -0.15) is 16.8 Å². The van der Waals surface area contributed by atoms with Crippen LogP contribution in [-0.4, -0.2) is 25.9 Å². The van der Waals surface area contributed by atoms with Crippen molar-refractivity contribution in [1.82, 2.24) is 0 Å². The van der Waals surface area contributed by atoms with Crippen LogP contribution in [0.5, 0.6) is 11.5 Å². The van der Waals surface area contributed by atoms with Gasteiger partial charge in [-0.3, -0.25) is 9.11 Å². The third-order valence-corrected chi connectivity index (χ3v) is 8.36. The summed E-state index contributed by atoms with van der Waals surface area (Å²) in [6, 6.07) is 3.69. The van der Waals surface area contributed by atoms with Crippen molar-refractivity contribution in [2.45, 2.75) is 59.3 Å². The smallest absolute Gasteiger partial charge is 0.362 e. The third kappa shape index (κ3) is 5.08. The van der Waals surface area contributed by atoms with Crippen molar-refractivity contribution in [3.05, 3.63) is 35.9 Å². The molecule has 2 aliphatic carbocycles. The minimum atomic E-state index is -4.79. The van der Waals surface area contributed by atoms with Crippen molar-refractivity contribution in [2.75, 3.05) is 0 Å². The molecule has 0 bridgehead atoms. The second kappa shape index (κ2) is 8.06. The van der Waals surface area contributed by atoms with Gasteiger partial charge in [-0.1, -0.05) is 32.9 Å². The predicted molar refractivity (Wildman–Crippen MR) is 116 cm³/mol. The number of hydrogen-bond acceptors (Lipinski definition) is 6. The van der Waals surface area contributed by atoms with Gasteiger partial charge in [-0.05, 0) is 79.4 Å². The first-order valence-electron chi connectivity index (χ1n) is 10.3. The van der Waals surface area contributed by atoms with Crippen molar-refractivity contribution in [2.24, 2.45) is 22.7 Å². The summed E-state index contributed by atoms with van der Waals surface area (Å²) in [4.78, 5) is 0. The number of hydrogen-bond donors (Lipinski definition) is 2. The van der Waals surface area contributed by atoms with E-state index in [0.717, 1.165) is 38.2 Å². The Labute approximate surface area is 184 Å². The summed E-state index contributed by atoms with van der Waals surface area (Å²) in [5.74, 6) is 0.291. The highest BCUT2D eigenvalue weighted by Crippen LogP contribution is 2.62. The van der Waals surface area contributed by atoms with Crippen molar-refractivity contribution < 1.29 is 34.3 Å². The molecule has 1 aromatic carbocycles. The van der Waals surface area contributed by atoms with E-state index in [0.29, 0.717) is 17.9 Å². The molecule has 0 unspecified atom stereocenters. The van der Waals surface area contributed by atoms with E-state index in [4.69, 9.17) is 8.74 Å². The van der Waals surface area contributed by atoms with Gasteiger partial charge in [0.05, 0.1) is 0 Å². The van der Waals surface area contributed by atoms with E-state index in [2.05, 4.69) is 31.5 Å². The van der Waals surface area contributed by atoms with Crippen molar-refractivity contribution in [3.8, 4) is 11.5 Å². The van der Waals surface area contributed by atoms with Gasteiger partial charge in [0.25, 0.3) is 0 Å². The minimum absolute atomic E-state index is 0.0356. The zero-order chi connectivity index (χ0) is 23.2. The molecule has 0 spiro atoms. The van der Waals surface area contributed by atoms with Crippen LogP contribution in [-0.2, 0) is 27.2 Å². The second-order valence-corrected chi connectivity index (χ2v) is 11.4. The highest BCUT2D eigenvalue weighted by molar-refractivity contribution is 7.81. The van der Waals surface area contributed by atoms with E-state index in [-0.39, 0.29) is 28.2 Å². The van der Waals surface area contributed by atoms with Crippen molar-refractivity contribution in [1.29, 1.82) is 0 Å². The first-order chi connectivity index (χ1) is 14.1. The summed E-state index contributed by atoms with van der Waals surface area (Å²) in [6.07, 6.45) is 5.40. The molecule has 0 aromatic heterocycles. The van der Waals surface area contributed by atoms with Crippen LogP contribution in [0, 0.1) is 22.7 Å². The average molecular weight is 475 g/mol. The Balaban J connectivity index is 2.07. The van der Waals surface area contributed by atoms with Crippen molar-refractivity contribution >= 4 is 20.8 Å². The molecule has 2 fully saturated rings. The summed E-state index contributed by atoms with van der Waals surface area (Å²) < 4.78 is 72.6. The highest BCUT2D eigenvalue weighted by atomic mass is 32.3. The molecule has 0 aliphatic heterocycles. The zero-order valence-corrected chi connectivity index (χ0v) is 19.6. The molecule has 31 heavy (non-hydrogen) atoms. The molecule has 0 amide bonds. The van der Waals surface area contributed by atoms with Gasteiger partial charge in [-0.25, -0.2) is 0 Å². The van der Waals surface area contributed by atoms with E-state index in [9.17, 15) is 21.4 Å². The Morgan fingerprint density at radius 3 is 2.35 bits per heavy atom. The van der Waals surface area contributed by atoms with Crippen LogP contribution in [0.3, 0.4) is 0 Å². The van der Waals surface area contributed by atoms with Crippen LogP contribution >= 0.6 is 0 Å². The normalized spacial score (nSPS) is 31.7. The lowest BCUT2D eigenvalue weighted by molar-refractivity contribution is -0.0490. The molecule has 174 valence electrons. The molecule has 8 nitrogen and oxygen atoms in total. The summed E-state index contributed by atoms with van der Waals surface area (Å²) in [5, 5.41) is 0. The predicted octanol–water partition coefficient (Wildman–Crippen LogP) is 4.39. The fourth-order valence-electron chi connectivity index (χ4n) is 5.74. The van der Waals surface area contributed by atoms with Gasteiger partial charge in [0.1, 0.15) is 11.5 Å². The standard InChI is InChI=1S/C21H30O8S2/c1-14-6-5-7-19-20(14,3)11-10-15(2)21(19,4)13-16-12-17(28-30(22,23)24)8-9-18(16)29-31(25,26)27/h8-9,12,15,19H,1,5-7,10-11,13H2,2-4H3,(H,22,23,24)(H,25,26,27)/t15-,19-,20+,21-/m1/s1. The largest absolute Gasteiger partial charge is 0.446 e. The van der Waals surface area contributed by atoms with Gasteiger partial charge in [0.15, 0.2) is 0 Å². The maximum atomic E-state index is 11.4. The number of fused-ring (bicyclic) bond motifs is 1. The lowest BCUT2D eigenvalue weighted by Gasteiger charge is -2.59. The molecule has 2 N–H and O–H groups in total. The molecular formula is C21H30O8S2. The molecule has 4 atom stereocenters. The maximum absolute atomic E-state index is 11.4. The molecule has 3 rings (SSSR count). The average Bonchev–Trinajstić information content (AvgIpc) is 2.61. The van der Waals surface area contributed by atoms with Gasteiger partial charge in [0.2, 0.25) is 0 Å². The Morgan fingerprint density at radius 2 is 1.74 bits per heavy atom. The molecule has 0 radical (unpaired) electrons. The Kier molecular flexibility index (Phi) is 6.25. The van der Waals surface area contributed by atoms with E-state index < -0.39 is 20.8 Å². The molecule has 2 aliphatic rings. The highest BCUT2D eigenvalue weighted by Gasteiger charge is 2.54. The monoisotopic (exact) mass is 474 g/mol. The van der Waals surface area contributed by atoms with Gasteiger partial charge in [-0.15, -0.1) is 0 Å². The maximum Gasteiger partial charge on any atom is 0.446 e. The van der Waals surface area contributed by atoms with E-state index in [1.54, 1.807) is 0 Å². The first kappa shape index (κ1) is 24.0. The van der Waals surface area contributed by atoms with E-state index in [1.807, 2.05) is 0 Å². The summed E-state index contributed by atoms with van der Waals surface area (Å²) in [5.41, 5.74) is 1.30. The van der Waals surface area contributed by atoms with Crippen molar-refractivity contribution in [3.63, 3.8) is 0 Å². The lowest BCUT2D eigenvalue weighted by atomic mass is 9.46. The number of allylic oxidation sites excluding steroid dienone is 1. The number of benzene rings is 1.